The molecule has 1 aliphatic rings. The van der Waals surface area contributed by atoms with Crippen LogP contribution in [0.2, 0.25) is 5.02 Å². The van der Waals surface area contributed by atoms with Gasteiger partial charge in [0.1, 0.15) is 5.82 Å². The Morgan fingerprint density at radius 3 is 2.63 bits per heavy atom. The number of likely N-dealkylation sites (tertiary alicyclic amines) is 1. The van der Waals surface area contributed by atoms with Crippen molar-refractivity contribution in [3.63, 3.8) is 0 Å². The number of carbonyl (C=O) groups excluding carboxylic acids is 1. The van der Waals surface area contributed by atoms with Crippen molar-refractivity contribution in [1.29, 1.82) is 0 Å². The molecule has 0 spiro atoms. The smallest absolute Gasteiger partial charge is 0.261 e. The highest BCUT2D eigenvalue weighted by Gasteiger charge is 2.21. The molecule has 2 aromatic heterocycles. The molecule has 5 rings (SSSR count). The number of piperidine rings is 1. The number of halogens is 1. The molecule has 9 heteroatoms. The highest BCUT2D eigenvalue weighted by Crippen LogP contribution is 2.31. The molecule has 1 aliphatic heterocycles. The summed E-state index contributed by atoms with van der Waals surface area (Å²) in [5.41, 5.74) is 3.47. The van der Waals surface area contributed by atoms with E-state index in [-0.39, 0.29) is 18.0 Å². The van der Waals surface area contributed by atoms with E-state index in [9.17, 15) is 9.59 Å². The van der Waals surface area contributed by atoms with Gasteiger partial charge in [-0.3, -0.25) is 29.4 Å². The van der Waals surface area contributed by atoms with Crippen molar-refractivity contribution in [2.75, 3.05) is 19.6 Å². The molecule has 1 fully saturated rings. The number of rotatable bonds is 9. The van der Waals surface area contributed by atoms with Crippen LogP contribution in [0.1, 0.15) is 58.2 Å². The van der Waals surface area contributed by atoms with Crippen LogP contribution >= 0.6 is 11.6 Å². The fourth-order valence-corrected chi connectivity index (χ4v) is 5.48. The Kier molecular flexibility index (Phi) is 9.10. The maximum absolute atomic E-state index is 13.5. The first-order valence-corrected chi connectivity index (χ1v) is 14.2. The van der Waals surface area contributed by atoms with Crippen molar-refractivity contribution in [3.8, 4) is 12.3 Å². The van der Waals surface area contributed by atoms with E-state index in [0.29, 0.717) is 40.1 Å². The van der Waals surface area contributed by atoms with Gasteiger partial charge in [-0.2, -0.15) is 0 Å². The van der Waals surface area contributed by atoms with Crippen LogP contribution in [-0.4, -0.2) is 45.0 Å². The standard InChI is InChI=1S/C32H33ClN6O2/c1-3-13-35-30(23-9-11-24(12-10-23)31(40)36-20-22-8-7-14-34-19-22)25-17-26-28(18-27(25)33)37-29(38(2)32(26)41)21-39-15-5-4-6-16-39/h1,7-12,14,17-19,30,35H,4-6,13,15-16,20-21H2,2H3,(H,36,40). The number of aromatic nitrogens is 3. The highest BCUT2D eigenvalue weighted by atomic mass is 35.5. The summed E-state index contributed by atoms with van der Waals surface area (Å²) in [5, 5.41) is 7.23. The van der Waals surface area contributed by atoms with Gasteiger partial charge in [-0.25, -0.2) is 4.98 Å². The van der Waals surface area contributed by atoms with Gasteiger partial charge in [0.25, 0.3) is 11.5 Å². The average molecular weight is 569 g/mol. The lowest BCUT2D eigenvalue weighted by Gasteiger charge is -2.26. The average Bonchev–Trinajstić information content (AvgIpc) is 3.00. The fraction of sp³-hybridized carbons (Fsp3) is 0.312. The molecule has 2 N–H and O–H groups in total. The van der Waals surface area contributed by atoms with Gasteiger partial charge in [-0.05, 0) is 73.0 Å². The van der Waals surface area contributed by atoms with Crippen molar-refractivity contribution >= 4 is 28.4 Å². The maximum atomic E-state index is 13.5. The lowest BCUT2D eigenvalue weighted by Crippen LogP contribution is -2.33. The second-order valence-electron chi connectivity index (χ2n) is 10.3. The molecule has 8 nitrogen and oxygen atoms in total. The normalized spacial score (nSPS) is 14.5. The van der Waals surface area contributed by atoms with E-state index in [2.05, 4.69) is 26.4 Å². The minimum absolute atomic E-state index is 0.115. The van der Waals surface area contributed by atoms with Gasteiger partial charge in [0.05, 0.1) is 30.0 Å². The van der Waals surface area contributed by atoms with Gasteiger partial charge in [0.2, 0.25) is 0 Å². The molecule has 0 aliphatic carbocycles. The van der Waals surface area contributed by atoms with E-state index in [1.54, 1.807) is 48.3 Å². The third kappa shape index (κ3) is 6.66. The van der Waals surface area contributed by atoms with Crippen LogP contribution in [0.5, 0.6) is 0 Å². The first-order chi connectivity index (χ1) is 19.9. The number of hydrogen-bond donors (Lipinski definition) is 2. The van der Waals surface area contributed by atoms with Crippen molar-refractivity contribution in [2.45, 2.75) is 38.4 Å². The zero-order valence-electron chi connectivity index (χ0n) is 23.1. The van der Waals surface area contributed by atoms with Crippen LogP contribution in [0.25, 0.3) is 10.9 Å². The molecule has 210 valence electrons. The Labute approximate surface area is 244 Å². The first-order valence-electron chi connectivity index (χ1n) is 13.8. The SMILES string of the molecule is C#CCNC(c1ccc(C(=O)NCc2cccnc2)cc1)c1cc2c(=O)n(C)c(CN3CCCCC3)nc2cc1Cl. The molecule has 0 radical (unpaired) electrons. The zero-order valence-corrected chi connectivity index (χ0v) is 23.8. The summed E-state index contributed by atoms with van der Waals surface area (Å²) in [6.45, 7) is 3.34. The fourth-order valence-electron chi connectivity index (χ4n) is 5.22. The number of terminal acetylenes is 1. The van der Waals surface area contributed by atoms with E-state index >= 15 is 0 Å². The summed E-state index contributed by atoms with van der Waals surface area (Å²) in [4.78, 5) is 37.4. The van der Waals surface area contributed by atoms with Crippen molar-refractivity contribution in [1.82, 2.24) is 30.1 Å². The van der Waals surface area contributed by atoms with Gasteiger partial charge in [-0.15, -0.1) is 6.42 Å². The molecule has 1 saturated heterocycles. The molecule has 3 heterocycles. The van der Waals surface area contributed by atoms with Crippen molar-refractivity contribution in [2.24, 2.45) is 7.05 Å². The molecule has 4 aromatic rings. The maximum Gasteiger partial charge on any atom is 0.261 e. The summed E-state index contributed by atoms with van der Waals surface area (Å²) in [5.74, 6) is 3.16. The molecule has 0 saturated carbocycles. The summed E-state index contributed by atoms with van der Waals surface area (Å²) >= 11 is 6.82. The van der Waals surface area contributed by atoms with Gasteiger partial charge >= 0.3 is 0 Å². The number of nitrogens with zero attached hydrogens (tertiary/aromatic N) is 4. The zero-order chi connectivity index (χ0) is 28.8. The Morgan fingerprint density at radius 1 is 1.15 bits per heavy atom. The summed E-state index contributed by atoms with van der Waals surface area (Å²) in [6.07, 6.45) is 12.6. The second-order valence-corrected chi connectivity index (χ2v) is 10.7. The van der Waals surface area contributed by atoms with Crippen molar-refractivity contribution in [3.05, 3.63) is 104 Å². The lowest BCUT2D eigenvalue weighted by atomic mass is 9.96. The number of amides is 1. The molecule has 1 amide bonds. The van der Waals surface area contributed by atoms with Gasteiger partial charge in [0.15, 0.2) is 0 Å². The predicted octanol–water partition coefficient (Wildman–Crippen LogP) is 4.21. The summed E-state index contributed by atoms with van der Waals surface area (Å²) < 4.78 is 1.64. The van der Waals surface area contributed by atoms with Crippen LogP contribution in [0.4, 0.5) is 0 Å². The number of pyridine rings is 1. The van der Waals surface area contributed by atoms with E-state index in [1.165, 1.54) is 19.3 Å². The molecule has 1 unspecified atom stereocenters. The number of fused-ring (bicyclic) bond motifs is 1. The van der Waals surface area contributed by atoms with E-state index in [4.69, 9.17) is 23.0 Å². The van der Waals surface area contributed by atoms with Crippen LogP contribution in [0, 0.1) is 12.3 Å². The largest absolute Gasteiger partial charge is 0.348 e. The van der Waals surface area contributed by atoms with Gasteiger partial charge in [-0.1, -0.05) is 42.1 Å². The molecule has 41 heavy (non-hydrogen) atoms. The number of nitrogens with one attached hydrogen (secondary N) is 2. The van der Waals surface area contributed by atoms with E-state index in [0.717, 1.165) is 30.0 Å². The molecule has 2 aromatic carbocycles. The Bertz CT molecular complexity index is 1620. The Balaban J connectivity index is 1.42. The van der Waals surface area contributed by atoms with Crippen LogP contribution in [0.15, 0.2) is 65.7 Å². The van der Waals surface area contributed by atoms with Gasteiger partial charge < -0.3 is 5.32 Å². The lowest BCUT2D eigenvalue weighted by molar-refractivity contribution is 0.0951. The first kappa shape index (κ1) is 28.5. The van der Waals surface area contributed by atoms with Crippen molar-refractivity contribution < 1.29 is 4.79 Å². The molecule has 0 bridgehead atoms. The molecular formula is C32H33ClN6O2. The monoisotopic (exact) mass is 568 g/mol. The predicted molar refractivity (Wildman–Crippen MR) is 162 cm³/mol. The van der Waals surface area contributed by atoms with Gasteiger partial charge in [0, 0.05) is 36.6 Å². The topological polar surface area (TPSA) is 92.2 Å². The van der Waals surface area contributed by atoms with Crippen LogP contribution in [0.3, 0.4) is 0 Å². The molecule has 1 atom stereocenters. The van der Waals surface area contributed by atoms with E-state index < -0.39 is 6.04 Å². The van der Waals surface area contributed by atoms with Crippen LogP contribution in [-0.2, 0) is 20.1 Å². The third-order valence-electron chi connectivity index (χ3n) is 7.50. The third-order valence-corrected chi connectivity index (χ3v) is 7.83. The quantitative estimate of drug-likeness (QED) is 0.294. The van der Waals surface area contributed by atoms with Crippen LogP contribution < -0.4 is 16.2 Å². The van der Waals surface area contributed by atoms with E-state index in [1.807, 2.05) is 24.3 Å². The minimum atomic E-state index is -0.395. The number of benzene rings is 2. The highest BCUT2D eigenvalue weighted by molar-refractivity contribution is 6.32. The molecular weight excluding hydrogens is 536 g/mol. The Hall–Kier alpha value is -4.03. The summed E-state index contributed by atoms with van der Waals surface area (Å²) in [7, 11) is 1.77. The second kappa shape index (κ2) is 13.1. The summed E-state index contributed by atoms with van der Waals surface area (Å²) in [6, 6.07) is 14.2. The minimum Gasteiger partial charge on any atom is -0.348 e. The Morgan fingerprint density at radius 2 is 1.93 bits per heavy atom. The number of hydrogen-bond acceptors (Lipinski definition) is 6. The number of carbonyl (C=O) groups is 1.